The fourth-order valence-corrected chi connectivity index (χ4v) is 4.13. The number of rotatable bonds is 4. The third-order valence-electron chi connectivity index (χ3n) is 5.59. The zero-order valence-corrected chi connectivity index (χ0v) is 12.0. The van der Waals surface area contributed by atoms with Gasteiger partial charge in [0.15, 0.2) is 0 Å². The summed E-state index contributed by atoms with van der Waals surface area (Å²) < 4.78 is 5.92. The van der Waals surface area contributed by atoms with Gasteiger partial charge in [-0.25, -0.2) is 0 Å². The molecule has 3 fully saturated rings. The molecule has 0 aromatic rings. The molecule has 0 aromatic carbocycles. The largest absolute Gasteiger partial charge is 0.378 e. The van der Waals surface area contributed by atoms with E-state index in [-0.39, 0.29) is 0 Å². The van der Waals surface area contributed by atoms with Crippen molar-refractivity contribution in [2.45, 2.75) is 63.6 Å². The number of hydrogen-bond donors (Lipinski definition) is 1. The molecular formula is C15H28N2O. The lowest BCUT2D eigenvalue weighted by molar-refractivity contribution is -0.175. The van der Waals surface area contributed by atoms with Crippen LogP contribution < -0.4 is 5.32 Å². The molecule has 1 spiro atoms. The Labute approximate surface area is 111 Å². The molecule has 104 valence electrons. The molecule has 1 N–H and O–H groups in total. The average Bonchev–Trinajstić information content (AvgIpc) is 2.28. The minimum absolute atomic E-state index is 0.527. The van der Waals surface area contributed by atoms with Crippen molar-refractivity contribution < 1.29 is 4.74 Å². The highest BCUT2D eigenvalue weighted by Gasteiger charge is 2.58. The van der Waals surface area contributed by atoms with Gasteiger partial charge in [-0.3, -0.25) is 0 Å². The Kier molecular flexibility index (Phi) is 3.65. The van der Waals surface area contributed by atoms with E-state index in [0.717, 1.165) is 18.7 Å². The molecule has 0 bridgehead atoms. The van der Waals surface area contributed by atoms with Gasteiger partial charge in [0.05, 0.1) is 6.10 Å². The van der Waals surface area contributed by atoms with Crippen molar-refractivity contribution in [2.24, 2.45) is 5.41 Å². The second kappa shape index (κ2) is 5.10. The van der Waals surface area contributed by atoms with Crippen molar-refractivity contribution in [3.05, 3.63) is 0 Å². The fraction of sp³-hybridized carbons (Fsp3) is 1.00. The second-order valence-corrected chi connectivity index (χ2v) is 6.56. The maximum atomic E-state index is 5.92. The minimum atomic E-state index is 0.527. The van der Waals surface area contributed by atoms with Crippen LogP contribution in [0.2, 0.25) is 0 Å². The van der Waals surface area contributed by atoms with Gasteiger partial charge >= 0.3 is 0 Å². The van der Waals surface area contributed by atoms with Gasteiger partial charge in [0.1, 0.15) is 0 Å². The Morgan fingerprint density at radius 2 is 2.00 bits per heavy atom. The monoisotopic (exact) mass is 252 g/mol. The molecule has 0 amide bonds. The van der Waals surface area contributed by atoms with E-state index < -0.39 is 0 Å². The van der Waals surface area contributed by atoms with Crippen LogP contribution in [-0.2, 0) is 4.74 Å². The van der Waals surface area contributed by atoms with Crippen LogP contribution in [0.5, 0.6) is 0 Å². The van der Waals surface area contributed by atoms with Crippen LogP contribution in [0.1, 0.15) is 45.4 Å². The van der Waals surface area contributed by atoms with E-state index >= 15 is 0 Å². The fourth-order valence-electron chi connectivity index (χ4n) is 4.13. The number of ether oxygens (including phenoxy) is 1. The quantitative estimate of drug-likeness (QED) is 0.828. The molecule has 0 radical (unpaired) electrons. The van der Waals surface area contributed by atoms with Crippen molar-refractivity contribution in [3.63, 3.8) is 0 Å². The van der Waals surface area contributed by atoms with Crippen LogP contribution >= 0.6 is 0 Å². The van der Waals surface area contributed by atoms with Crippen LogP contribution in [0.4, 0.5) is 0 Å². The molecule has 3 aliphatic rings. The van der Waals surface area contributed by atoms with E-state index in [9.17, 15) is 0 Å². The van der Waals surface area contributed by atoms with Gasteiger partial charge in [-0.1, -0.05) is 6.42 Å². The van der Waals surface area contributed by atoms with E-state index in [1.165, 1.54) is 51.6 Å². The third-order valence-corrected chi connectivity index (χ3v) is 5.59. The van der Waals surface area contributed by atoms with Gasteiger partial charge in [-0.2, -0.15) is 0 Å². The summed E-state index contributed by atoms with van der Waals surface area (Å²) in [5, 5.41) is 3.95. The maximum absolute atomic E-state index is 5.92. The predicted molar refractivity (Wildman–Crippen MR) is 73.8 cm³/mol. The van der Waals surface area contributed by atoms with Gasteiger partial charge < -0.3 is 15.0 Å². The maximum Gasteiger partial charge on any atom is 0.0661 e. The molecule has 3 heteroatoms. The first-order chi connectivity index (χ1) is 8.74. The van der Waals surface area contributed by atoms with Crippen molar-refractivity contribution in [3.8, 4) is 0 Å². The van der Waals surface area contributed by atoms with Crippen molar-refractivity contribution in [1.29, 1.82) is 0 Å². The van der Waals surface area contributed by atoms with E-state index in [0.29, 0.717) is 11.5 Å². The summed E-state index contributed by atoms with van der Waals surface area (Å²) in [6, 6.07) is 1.50. The van der Waals surface area contributed by atoms with E-state index in [1.54, 1.807) is 0 Å². The molecule has 3 nitrogen and oxygen atoms in total. The number of likely N-dealkylation sites (tertiary alicyclic amines) is 1. The number of piperidine rings is 1. The standard InChI is InChI=1S/C15H28N2O/c1-3-18-14-11-13(15(14)7-4-8-15)16-12-5-9-17(2)10-6-12/h12-14,16H,3-11H2,1-2H3/t13-,14-/m0/s1. The smallest absolute Gasteiger partial charge is 0.0661 e. The molecule has 2 aliphatic carbocycles. The Bertz CT molecular complexity index is 282. The SMILES string of the molecule is CCO[C@H]1C[C@H](NC2CCN(C)CC2)C12CCC2. The lowest BCUT2D eigenvalue weighted by Crippen LogP contribution is -2.68. The minimum Gasteiger partial charge on any atom is -0.378 e. The van der Waals surface area contributed by atoms with Gasteiger partial charge in [-0.05, 0) is 59.2 Å². The van der Waals surface area contributed by atoms with E-state index in [4.69, 9.17) is 4.74 Å². The first kappa shape index (κ1) is 12.9. The molecule has 3 rings (SSSR count). The number of nitrogens with zero attached hydrogens (tertiary/aromatic N) is 1. The van der Waals surface area contributed by atoms with E-state index in [1.807, 2.05) is 0 Å². The van der Waals surface area contributed by atoms with Crippen LogP contribution in [0.3, 0.4) is 0 Å². The lowest BCUT2D eigenvalue weighted by atomic mass is 9.51. The number of nitrogens with one attached hydrogen (secondary N) is 1. The number of hydrogen-bond acceptors (Lipinski definition) is 3. The first-order valence-electron chi connectivity index (χ1n) is 7.81. The summed E-state index contributed by atoms with van der Waals surface area (Å²) in [6.45, 7) is 5.52. The topological polar surface area (TPSA) is 24.5 Å². The second-order valence-electron chi connectivity index (χ2n) is 6.56. The van der Waals surface area contributed by atoms with Gasteiger partial charge in [0, 0.05) is 24.1 Å². The molecule has 1 heterocycles. The van der Waals surface area contributed by atoms with Crippen LogP contribution in [0.25, 0.3) is 0 Å². The van der Waals surface area contributed by atoms with E-state index in [2.05, 4.69) is 24.2 Å². The third kappa shape index (κ3) is 2.10. The zero-order valence-electron chi connectivity index (χ0n) is 12.0. The molecule has 18 heavy (non-hydrogen) atoms. The summed E-state index contributed by atoms with van der Waals surface area (Å²) in [5.41, 5.74) is 0.527. The van der Waals surface area contributed by atoms with Crippen LogP contribution in [-0.4, -0.2) is 49.8 Å². The summed E-state index contributed by atoms with van der Waals surface area (Å²) in [7, 11) is 2.23. The molecule has 1 saturated heterocycles. The van der Waals surface area contributed by atoms with Crippen molar-refractivity contribution in [1.82, 2.24) is 10.2 Å². The highest BCUT2D eigenvalue weighted by Crippen LogP contribution is 2.57. The molecule has 1 aliphatic heterocycles. The lowest BCUT2D eigenvalue weighted by Gasteiger charge is -2.62. The van der Waals surface area contributed by atoms with Crippen LogP contribution in [0, 0.1) is 5.41 Å². The Morgan fingerprint density at radius 3 is 2.56 bits per heavy atom. The van der Waals surface area contributed by atoms with Crippen molar-refractivity contribution >= 4 is 0 Å². The Morgan fingerprint density at radius 1 is 1.28 bits per heavy atom. The predicted octanol–water partition coefficient (Wildman–Crippen LogP) is 2.02. The first-order valence-corrected chi connectivity index (χ1v) is 7.81. The zero-order chi connectivity index (χ0) is 12.6. The molecule has 2 atom stereocenters. The Hall–Kier alpha value is -0.120. The average molecular weight is 252 g/mol. The van der Waals surface area contributed by atoms with Crippen molar-refractivity contribution in [2.75, 3.05) is 26.7 Å². The highest BCUT2D eigenvalue weighted by atomic mass is 16.5. The van der Waals surface area contributed by atoms with Gasteiger partial charge in [0.2, 0.25) is 0 Å². The molecular weight excluding hydrogens is 224 g/mol. The molecule has 0 aromatic heterocycles. The Balaban J connectivity index is 1.52. The summed E-state index contributed by atoms with van der Waals surface area (Å²) in [6.07, 6.45) is 8.64. The van der Waals surface area contributed by atoms with Gasteiger partial charge in [0.25, 0.3) is 0 Å². The summed E-state index contributed by atoms with van der Waals surface area (Å²) in [4.78, 5) is 2.45. The highest BCUT2D eigenvalue weighted by molar-refractivity contribution is 5.12. The normalized spacial score (nSPS) is 36.3. The molecule has 2 saturated carbocycles. The molecule has 0 unspecified atom stereocenters. The van der Waals surface area contributed by atoms with Gasteiger partial charge in [-0.15, -0.1) is 0 Å². The van der Waals surface area contributed by atoms with Crippen LogP contribution in [0.15, 0.2) is 0 Å². The summed E-state index contributed by atoms with van der Waals surface area (Å²) >= 11 is 0. The summed E-state index contributed by atoms with van der Waals surface area (Å²) in [5.74, 6) is 0.